The van der Waals surface area contributed by atoms with Gasteiger partial charge in [0.05, 0.1) is 6.10 Å². The Kier molecular flexibility index (Phi) is 6.10. The molecule has 0 aromatic rings. The standard InChI is InChI=1S/C18H36N2O/c1-5-9-19-16-6-8-18(3,4)11-15(16)12-20-10-7-14(2)17(21)13-20/h14-17,19,21H,5-13H2,1-4H3. The van der Waals surface area contributed by atoms with Crippen LogP contribution in [0.4, 0.5) is 0 Å². The Morgan fingerprint density at radius 3 is 2.71 bits per heavy atom. The molecule has 0 aromatic carbocycles. The van der Waals surface area contributed by atoms with E-state index in [0.717, 1.165) is 38.5 Å². The molecule has 124 valence electrons. The summed E-state index contributed by atoms with van der Waals surface area (Å²) in [4.78, 5) is 2.51. The molecule has 0 spiro atoms. The lowest BCUT2D eigenvalue weighted by atomic mass is 9.69. The lowest BCUT2D eigenvalue weighted by Crippen LogP contribution is -2.51. The molecule has 0 aromatic heterocycles. The van der Waals surface area contributed by atoms with Gasteiger partial charge in [-0.15, -0.1) is 0 Å². The van der Waals surface area contributed by atoms with E-state index < -0.39 is 0 Å². The van der Waals surface area contributed by atoms with Crippen LogP contribution < -0.4 is 5.32 Å². The molecule has 4 unspecified atom stereocenters. The summed E-state index contributed by atoms with van der Waals surface area (Å²) in [5, 5.41) is 13.9. The van der Waals surface area contributed by atoms with Crippen LogP contribution in [0.25, 0.3) is 0 Å². The van der Waals surface area contributed by atoms with Crippen LogP contribution >= 0.6 is 0 Å². The molecule has 3 nitrogen and oxygen atoms in total. The zero-order chi connectivity index (χ0) is 15.5. The first kappa shape index (κ1) is 17.2. The maximum Gasteiger partial charge on any atom is 0.0693 e. The van der Waals surface area contributed by atoms with Gasteiger partial charge in [0.2, 0.25) is 0 Å². The highest BCUT2D eigenvalue weighted by atomic mass is 16.3. The second kappa shape index (κ2) is 7.43. The van der Waals surface area contributed by atoms with Gasteiger partial charge in [0, 0.05) is 19.1 Å². The fourth-order valence-corrected chi connectivity index (χ4v) is 4.14. The summed E-state index contributed by atoms with van der Waals surface area (Å²) in [6, 6.07) is 0.675. The summed E-state index contributed by atoms with van der Waals surface area (Å²) < 4.78 is 0. The molecule has 1 saturated heterocycles. The average Bonchev–Trinajstić information content (AvgIpc) is 2.41. The number of nitrogens with zero attached hydrogens (tertiary/aromatic N) is 1. The van der Waals surface area contributed by atoms with Crippen molar-refractivity contribution in [3.05, 3.63) is 0 Å². The van der Waals surface area contributed by atoms with Crippen molar-refractivity contribution in [2.75, 3.05) is 26.2 Å². The highest BCUT2D eigenvalue weighted by molar-refractivity contribution is 4.91. The van der Waals surface area contributed by atoms with Gasteiger partial charge < -0.3 is 15.3 Å². The Balaban J connectivity index is 1.92. The third-order valence-electron chi connectivity index (χ3n) is 5.67. The molecular formula is C18H36N2O. The second-order valence-electron chi connectivity index (χ2n) is 8.32. The van der Waals surface area contributed by atoms with Crippen LogP contribution in [0.2, 0.25) is 0 Å². The first-order valence-electron chi connectivity index (χ1n) is 9.05. The quantitative estimate of drug-likeness (QED) is 0.819. The zero-order valence-electron chi connectivity index (χ0n) is 14.6. The summed E-state index contributed by atoms with van der Waals surface area (Å²) in [6.07, 6.45) is 6.19. The zero-order valence-corrected chi connectivity index (χ0v) is 14.6. The van der Waals surface area contributed by atoms with Crippen molar-refractivity contribution in [1.29, 1.82) is 0 Å². The topological polar surface area (TPSA) is 35.5 Å². The number of aliphatic hydroxyl groups is 1. The number of hydrogen-bond donors (Lipinski definition) is 2. The van der Waals surface area contributed by atoms with E-state index in [1.54, 1.807) is 0 Å². The summed E-state index contributed by atoms with van der Waals surface area (Å²) in [6.45, 7) is 13.6. The van der Waals surface area contributed by atoms with Crippen LogP contribution in [-0.2, 0) is 0 Å². The monoisotopic (exact) mass is 296 g/mol. The van der Waals surface area contributed by atoms with Crippen LogP contribution in [0.15, 0.2) is 0 Å². The Labute approximate surface area is 131 Å². The highest BCUT2D eigenvalue weighted by Gasteiger charge is 2.36. The highest BCUT2D eigenvalue weighted by Crippen LogP contribution is 2.39. The van der Waals surface area contributed by atoms with E-state index in [0.29, 0.717) is 17.4 Å². The smallest absolute Gasteiger partial charge is 0.0693 e. The Morgan fingerprint density at radius 2 is 2.05 bits per heavy atom. The van der Waals surface area contributed by atoms with E-state index in [-0.39, 0.29) is 6.10 Å². The molecule has 2 aliphatic rings. The number of β-amino-alcohol motifs (C(OH)–C–C–N with tert-alkyl or cyclic N) is 1. The minimum absolute atomic E-state index is 0.127. The van der Waals surface area contributed by atoms with Crippen LogP contribution in [-0.4, -0.2) is 48.3 Å². The minimum atomic E-state index is -0.127. The van der Waals surface area contributed by atoms with Crippen molar-refractivity contribution in [2.24, 2.45) is 17.3 Å². The summed E-state index contributed by atoms with van der Waals surface area (Å²) in [5.41, 5.74) is 0.483. The van der Waals surface area contributed by atoms with Gasteiger partial charge in [-0.25, -0.2) is 0 Å². The van der Waals surface area contributed by atoms with Crippen LogP contribution in [0.1, 0.15) is 59.8 Å². The molecule has 2 rings (SSSR count). The first-order chi connectivity index (χ1) is 9.91. The fourth-order valence-electron chi connectivity index (χ4n) is 4.14. The van der Waals surface area contributed by atoms with Crippen molar-refractivity contribution in [2.45, 2.75) is 71.9 Å². The molecule has 0 bridgehead atoms. The van der Waals surface area contributed by atoms with Gasteiger partial charge in [0.15, 0.2) is 0 Å². The molecule has 1 aliphatic carbocycles. The molecule has 2 N–H and O–H groups in total. The molecular weight excluding hydrogens is 260 g/mol. The Hall–Kier alpha value is -0.120. The lowest BCUT2D eigenvalue weighted by Gasteiger charge is -2.44. The SMILES string of the molecule is CCCNC1CCC(C)(C)CC1CN1CCC(C)C(O)C1. The van der Waals surface area contributed by atoms with E-state index in [1.165, 1.54) is 25.7 Å². The average molecular weight is 296 g/mol. The van der Waals surface area contributed by atoms with Crippen LogP contribution in [0.5, 0.6) is 0 Å². The summed E-state index contributed by atoms with van der Waals surface area (Å²) in [5.74, 6) is 1.21. The number of rotatable bonds is 5. The van der Waals surface area contributed by atoms with Crippen molar-refractivity contribution in [3.8, 4) is 0 Å². The largest absolute Gasteiger partial charge is 0.392 e. The Morgan fingerprint density at radius 1 is 1.29 bits per heavy atom. The normalized spacial score (nSPS) is 37.6. The molecule has 3 heteroatoms. The maximum atomic E-state index is 10.1. The lowest BCUT2D eigenvalue weighted by molar-refractivity contribution is 0.0102. The van der Waals surface area contributed by atoms with E-state index in [2.05, 4.69) is 37.9 Å². The molecule has 2 fully saturated rings. The first-order valence-corrected chi connectivity index (χ1v) is 9.05. The number of aliphatic hydroxyl groups excluding tert-OH is 1. The number of piperidine rings is 1. The molecule has 1 heterocycles. The number of hydrogen-bond acceptors (Lipinski definition) is 3. The van der Waals surface area contributed by atoms with E-state index in [4.69, 9.17) is 0 Å². The number of likely N-dealkylation sites (tertiary alicyclic amines) is 1. The fraction of sp³-hybridized carbons (Fsp3) is 1.00. The molecule has 1 aliphatic heterocycles. The van der Waals surface area contributed by atoms with E-state index in [9.17, 15) is 5.11 Å². The maximum absolute atomic E-state index is 10.1. The van der Waals surface area contributed by atoms with E-state index in [1.807, 2.05) is 0 Å². The predicted molar refractivity (Wildman–Crippen MR) is 89.4 cm³/mol. The van der Waals surface area contributed by atoms with Gasteiger partial charge in [-0.3, -0.25) is 0 Å². The van der Waals surface area contributed by atoms with Gasteiger partial charge in [-0.05, 0) is 62.4 Å². The van der Waals surface area contributed by atoms with Crippen molar-refractivity contribution in [3.63, 3.8) is 0 Å². The summed E-state index contributed by atoms with van der Waals surface area (Å²) >= 11 is 0. The minimum Gasteiger partial charge on any atom is -0.392 e. The summed E-state index contributed by atoms with van der Waals surface area (Å²) in [7, 11) is 0. The van der Waals surface area contributed by atoms with Crippen LogP contribution in [0, 0.1) is 17.3 Å². The molecule has 1 saturated carbocycles. The molecule has 0 amide bonds. The van der Waals surface area contributed by atoms with Crippen molar-refractivity contribution in [1.82, 2.24) is 10.2 Å². The van der Waals surface area contributed by atoms with Crippen molar-refractivity contribution >= 4 is 0 Å². The van der Waals surface area contributed by atoms with Crippen molar-refractivity contribution < 1.29 is 5.11 Å². The predicted octanol–water partition coefficient (Wildman–Crippen LogP) is 2.88. The second-order valence-corrected chi connectivity index (χ2v) is 8.32. The van der Waals surface area contributed by atoms with Gasteiger partial charge in [-0.2, -0.15) is 0 Å². The molecule has 4 atom stereocenters. The van der Waals surface area contributed by atoms with E-state index >= 15 is 0 Å². The van der Waals surface area contributed by atoms with Gasteiger partial charge in [0.25, 0.3) is 0 Å². The van der Waals surface area contributed by atoms with Gasteiger partial charge in [-0.1, -0.05) is 27.7 Å². The van der Waals surface area contributed by atoms with Gasteiger partial charge >= 0.3 is 0 Å². The van der Waals surface area contributed by atoms with Gasteiger partial charge in [0.1, 0.15) is 0 Å². The third kappa shape index (κ3) is 4.94. The Bertz CT molecular complexity index is 318. The van der Waals surface area contributed by atoms with Crippen LogP contribution in [0.3, 0.4) is 0 Å². The molecule has 21 heavy (non-hydrogen) atoms. The molecule has 0 radical (unpaired) electrons. The number of nitrogens with one attached hydrogen (secondary N) is 1. The third-order valence-corrected chi connectivity index (χ3v) is 5.67.